The highest BCUT2D eigenvalue weighted by Crippen LogP contribution is 2.21. The summed E-state index contributed by atoms with van der Waals surface area (Å²) in [6.07, 6.45) is 6.06. The molecule has 124 valence electrons. The van der Waals surface area contributed by atoms with E-state index in [-0.39, 0.29) is 11.8 Å². The van der Waals surface area contributed by atoms with Gasteiger partial charge in [0.25, 0.3) is 0 Å². The topological polar surface area (TPSA) is 69.9 Å². The fourth-order valence-electron chi connectivity index (χ4n) is 2.71. The lowest BCUT2D eigenvalue weighted by atomic mass is 10.1. The lowest BCUT2D eigenvalue weighted by Gasteiger charge is -2.17. The molecule has 3 rings (SSSR count). The van der Waals surface area contributed by atoms with Gasteiger partial charge in [-0.15, -0.1) is 0 Å². The Labute approximate surface area is 140 Å². The number of carbonyl (C=O) groups is 1. The van der Waals surface area contributed by atoms with Gasteiger partial charge in [0.15, 0.2) is 5.65 Å². The highest BCUT2D eigenvalue weighted by atomic mass is 16.5. The predicted octanol–water partition coefficient (Wildman–Crippen LogP) is 2.95. The number of rotatable bonds is 8. The zero-order chi connectivity index (χ0) is 16.8. The molecule has 0 aliphatic rings. The van der Waals surface area contributed by atoms with E-state index in [0.29, 0.717) is 19.6 Å². The van der Waals surface area contributed by atoms with E-state index in [4.69, 9.17) is 4.74 Å². The number of ketones is 1. The van der Waals surface area contributed by atoms with Gasteiger partial charge in [-0.3, -0.25) is 4.79 Å². The summed E-state index contributed by atoms with van der Waals surface area (Å²) in [5.74, 6) is 0.138. The standard InChI is InChI=1S/C18H20N4O2/c1-14(23)9-16(7-8-24-11-15-5-3-2-4-6-15)22-13-21-17-10-19-12-20-18(17)22/h2-6,10,12-13,16H,7-9,11H2,1H3. The molecule has 0 fully saturated rings. The summed E-state index contributed by atoms with van der Waals surface area (Å²) >= 11 is 0. The molecule has 0 saturated carbocycles. The molecule has 3 aromatic rings. The van der Waals surface area contributed by atoms with Gasteiger partial charge in [-0.1, -0.05) is 30.3 Å². The van der Waals surface area contributed by atoms with E-state index in [1.54, 1.807) is 19.4 Å². The normalized spacial score (nSPS) is 12.4. The molecule has 0 spiro atoms. The van der Waals surface area contributed by atoms with Crippen molar-refractivity contribution in [2.24, 2.45) is 0 Å². The number of nitrogens with zero attached hydrogens (tertiary/aromatic N) is 4. The molecule has 0 saturated heterocycles. The van der Waals surface area contributed by atoms with Crippen molar-refractivity contribution in [3.63, 3.8) is 0 Å². The fourth-order valence-corrected chi connectivity index (χ4v) is 2.71. The van der Waals surface area contributed by atoms with Gasteiger partial charge in [-0.25, -0.2) is 15.0 Å². The molecule has 0 amide bonds. The van der Waals surface area contributed by atoms with E-state index < -0.39 is 0 Å². The van der Waals surface area contributed by atoms with Gasteiger partial charge in [0.05, 0.1) is 19.1 Å². The molecule has 2 heterocycles. The smallest absolute Gasteiger partial charge is 0.163 e. The zero-order valence-corrected chi connectivity index (χ0v) is 13.6. The van der Waals surface area contributed by atoms with Gasteiger partial charge >= 0.3 is 0 Å². The molecule has 0 aliphatic heterocycles. The third-order valence-corrected chi connectivity index (χ3v) is 3.86. The number of fused-ring (bicyclic) bond motifs is 1. The van der Waals surface area contributed by atoms with Crippen molar-refractivity contribution in [1.29, 1.82) is 0 Å². The molecule has 24 heavy (non-hydrogen) atoms. The number of carbonyl (C=O) groups excluding carboxylic acids is 1. The van der Waals surface area contributed by atoms with Crippen LogP contribution in [0.5, 0.6) is 0 Å². The van der Waals surface area contributed by atoms with Crippen LogP contribution in [0, 0.1) is 0 Å². The number of ether oxygens (including phenoxy) is 1. The minimum Gasteiger partial charge on any atom is -0.377 e. The molecular weight excluding hydrogens is 304 g/mol. The van der Waals surface area contributed by atoms with E-state index >= 15 is 0 Å². The molecule has 0 aliphatic carbocycles. The minimum absolute atomic E-state index is 0.0156. The average molecular weight is 324 g/mol. The van der Waals surface area contributed by atoms with Crippen LogP contribution in [0.2, 0.25) is 0 Å². The summed E-state index contributed by atoms with van der Waals surface area (Å²) in [5, 5.41) is 0. The highest BCUT2D eigenvalue weighted by molar-refractivity contribution is 5.76. The summed E-state index contributed by atoms with van der Waals surface area (Å²) < 4.78 is 7.71. The molecule has 0 radical (unpaired) electrons. The van der Waals surface area contributed by atoms with Gasteiger partial charge in [0.1, 0.15) is 17.6 Å². The van der Waals surface area contributed by atoms with Gasteiger partial charge in [0.2, 0.25) is 0 Å². The van der Waals surface area contributed by atoms with Crippen LogP contribution in [0.25, 0.3) is 11.2 Å². The van der Waals surface area contributed by atoms with Crippen molar-refractivity contribution in [3.05, 3.63) is 54.7 Å². The van der Waals surface area contributed by atoms with Crippen LogP contribution in [0.4, 0.5) is 0 Å². The SMILES string of the molecule is CC(=O)CC(CCOCc1ccccc1)n1cnc2cncnc21. The first-order valence-corrected chi connectivity index (χ1v) is 7.97. The molecule has 1 aromatic carbocycles. The second-order valence-electron chi connectivity index (χ2n) is 5.77. The van der Waals surface area contributed by atoms with Crippen molar-refractivity contribution in [3.8, 4) is 0 Å². The number of hydrogen-bond acceptors (Lipinski definition) is 5. The van der Waals surface area contributed by atoms with Crippen LogP contribution < -0.4 is 0 Å². The first-order chi connectivity index (χ1) is 11.7. The second kappa shape index (κ2) is 7.79. The van der Waals surface area contributed by atoms with Gasteiger partial charge in [-0.2, -0.15) is 0 Å². The lowest BCUT2D eigenvalue weighted by Crippen LogP contribution is -2.15. The Hall–Kier alpha value is -2.60. The summed E-state index contributed by atoms with van der Waals surface area (Å²) in [6.45, 7) is 2.74. The van der Waals surface area contributed by atoms with Crippen LogP contribution in [0.1, 0.15) is 31.4 Å². The Kier molecular flexibility index (Phi) is 5.28. The quantitative estimate of drug-likeness (QED) is 0.596. The third kappa shape index (κ3) is 4.02. The monoisotopic (exact) mass is 324 g/mol. The lowest BCUT2D eigenvalue weighted by molar-refractivity contribution is -0.117. The molecule has 6 heteroatoms. The summed E-state index contributed by atoms with van der Waals surface area (Å²) in [4.78, 5) is 24.2. The Balaban J connectivity index is 1.65. The number of Topliss-reactive ketones (excluding diaryl/α,β-unsaturated/α-hetero) is 1. The van der Waals surface area contributed by atoms with Crippen molar-refractivity contribution in [1.82, 2.24) is 19.5 Å². The minimum atomic E-state index is -0.0156. The number of hydrogen-bond donors (Lipinski definition) is 0. The molecule has 2 aromatic heterocycles. The average Bonchev–Trinajstić information content (AvgIpc) is 3.02. The largest absolute Gasteiger partial charge is 0.377 e. The molecular formula is C18H20N4O2. The van der Waals surface area contributed by atoms with E-state index in [9.17, 15) is 4.79 Å². The Bertz CT molecular complexity index is 801. The van der Waals surface area contributed by atoms with E-state index in [2.05, 4.69) is 15.0 Å². The van der Waals surface area contributed by atoms with Crippen LogP contribution >= 0.6 is 0 Å². The number of aromatic nitrogens is 4. The Morgan fingerprint density at radius 3 is 2.88 bits per heavy atom. The molecule has 1 atom stereocenters. The summed E-state index contributed by atoms with van der Waals surface area (Å²) in [7, 11) is 0. The third-order valence-electron chi connectivity index (χ3n) is 3.86. The predicted molar refractivity (Wildman–Crippen MR) is 90.4 cm³/mol. The number of imidazole rings is 1. The van der Waals surface area contributed by atoms with E-state index in [1.807, 2.05) is 34.9 Å². The zero-order valence-electron chi connectivity index (χ0n) is 13.6. The van der Waals surface area contributed by atoms with Crippen LogP contribution in [0.3, 0.4) is 0 Å². The Morgan fingerprint density at radius 2 is 2.08 bits per heavy atom. The molecule has 0 bridgehead atoms. The van der Waals surface area contributed by atoms with Crippen molar-refractivity contribution in [2.75, 3.05) is 6.61 Å². The maximum absolute atomic E-state index is 11.6. The molecule has 1 unspecified atom stereocenters. The van der Waals surface area contributed by atoms with Crippen molar-refractivity contribution in [2.45, 2.75) is 32.4 Å². The first kappa shape index (κ1) is 16.3. The van der Waals surface area contributed by atoms with Crippen LogP contribution in [-0.2, 0) is 16.1 Å². The van der Waals surface area contributed by atoms with Crippen LogP contribution in [-0.4, -0.2) is 31.9 Å². The van der Waals surface area contributed by atoms with Crippen LogP contribution in [0.15, 0.2) is 49.2 Å². The first-order valence-electron chi connectivity index (χ1n) is 7.97. The van der Waals surface area contributed by atoms with Gasteiger partial charge in [0, 0.05) is 19.1 Å². The highest BCUT2D eigenvalue weighted by Gasteiger charge is 2.17. The maximum Gasteiger partial charge on any atom is 0.163 e. The molecule has 6 nitrogen and oxygen atoms in total. The maximum atomic E-state index is 11.6. The summed E-state index contributed by atoms with van der Waals surface area (Å²) in [5.41, 5.74) is 2.62. The van der Waals surface area contributed by atoms with E-state index in [1.165, 1.54) is 6.33 Å². The summed E-state index contributed by atoms with van der Waals surface area (Å²) in [6, 6.07) is 10.0. The molecule has 0 N–H and O–H groups in total. The van der Waals surface area contributed by atoms with Gasteiger partial charge < -0.3 is 9.30 Å². The van der Waals surface area contributed by atoms with Gasteiger partial charge in [-0.05, 0) is 18.9 Å². The fraction of sp³-hybridized carbons (Fsp3) is 0.333. The second-order valence-corrected chi connectivity index (χ2v) is 5.77. The van der Waals surface area contributed by atoms with Crippen molar-refractivity contribution < 1.29 is 9.53 Å². The Morgan fingerprint density at radius 1 is 1.25 bits per heavy atom. The number of benzene rings is 1. The van der Waals surface area contributed by atoms with E-state index in [0.717, 1.165) is 23.1 Å². The van der Waals surface area contributed by atoms with Crippen molar-refractivity contribution >= 4 is 16.9 Å².